The van der Waals surface area contributed by atoms with E-state index in [9.17, 15) is 8.78 Å². The highest BCUT2D eigenvalue weighted by molar-refractivity contribution is 7.80. The van der Waals surface area contributed by atoms with E-state index in [-0.39, 0.29) is 5.75 Å². The van der Waals surface area contributed by atoms with Crippen LogP contribution in [0.4, 0.5) is 14.5 Å². The van der Waals surface area contributed by atoms with Crippen LogP contribution in [0, 0.1) is 0 Å². The number of thiocarbonyl (C=S) groups is 1. The minimum absolute atomic E-state index is 0.123. The molecule has 0 bridgehead atoms. The van der Waals surface area contributed by atoms with Gasteiger partial charge in [-0.2, -0.15) is 8.78 Å². The molecule has 0 saturated carbocycles. The number of hydrazine groups is 1. The zero-order valence-corrected chi connectivity index (χ0v) is 13.5. The number of ether oxygens (including phenoxy) is 1. The molecule has 4 nitrogen and oxygen atoms in total. The van der Waals surface area contributed by atoms with Crippen molar-refractivity contribution in [2.75, 3.05) is 5.32 Å². The molecule has 2 N–H and O–H groups in total. The summed E-state index contributed by atoms with van der Waals surface area (Å²) in [6, 6.07) is 7.09. The number of piperidine rings is 1. The van der Waals surface area contributed by atoms with Gasteiger partial charge in [-0.1, -0.05) is 6.42 Å². The molecule has 0 radical (unpaired) electrons. The van der Waals surface area contributed by atoms with Crippen molar-refractivity contribution in [2.45, 2.75) is 51.8 Å². The molecule has 0 spiro atoms. The Bertz CT molecular complexity index is 488. The van der Waals surface area contributed by atoms with Gasteiger partial charge >= 0.3 is 6.61 Å². The standard InChI is InChI=1S/C15H21F2N3OS/c1-10-4-3-5-11(2)20(10)19-15(22)18-12-6-8-13(9-7-12)21-14(16)17/h6-11,14H,3-5H2,1-2H3,(H2,18,19,22)/t10-,11-/m1/s1. The fourth-order valence-corrected chi connectivity index (χ4v) is 2.86. The van der Waals surface area contributed by atoms with Crippen molar-refractivity contribution in [2.24, 2.45) is 0 Å². The second kappa shape index (κ2) is 7.69. The van der Waals surface area contributed by atoms with Crippen LogP contribution < -0.4 is 15.5 Å². The Morgan fingerprint density at radius 3 is 2.36 bits per heavy atom. The highest BCUT2D eigenvalue weighted by Gasteiger charge is 2.25. The van der Waals surface area contributed by atoms with Gasteiger partial charge in [-0.15, -0.1) is 0 Å². The topological polar surface area (TPSA) is 36.5 Å². The molecule has 0 aliphatic carbocycles. The summed E-state index contributed by atoms with van der Waals surface area (Å²) in [4.78, 5) is 0. The maximum absolute atomic E-state index is 12.1. The number of benzene rings is 1. The van der Waals surface area contributed by atoms with Gasteiger partial charge in [0.05, 0.1) is 0 Å². The lowest BCUT2D eigenvalue weighted by molar-refractivity contribution is -0.0498. The molecule has 1 fully saturated rings. The lowest BCUT2D eigenvalue weighted by atomic mass is 10.00. The second-order valence-corrected chi connectivity index (χ2v) is 5.91. The molecule has 122 valence electrons. The number of hydrogen-bond acceptors (Lipinski definition) is 3. The van der Waals surface area contributed by atoms with E-state index in [1.54, 1.807) is 12.1 Å². The minimum Gasteiger partial charge on any atom is -0.435 e. The van der Waals surface area contributed by atoms with Gasteiger partial charge in [-0.25, -0.2) is 5.01 Å². The average molecular weight is 329 g/mol. The van der Waals surface area contributed by atoms with Crippen molar-refractivity contribution < 1.29 is 13.5 Å². The largest absolute Gasteiger partial charge is 0.435 e. The van der Waals surface area contributed by atoms with Gasteiger partial charge in [0.15, 0.2) is 5.11 Å². The third-order valence-corrected chi connectivity index (χ3v) is 3.95. The first-order chi connectivity index (χ1) is 10.5. The molecule has 2 atom stereocenters. The van der Waals surface area contributed by atoms with Gasteiger partial charge in [0.2, 0.25) is 0 Å². The van der Waals surface area contributed by atoms with Crippen LogP contribution in [0.5, 0.6) is 5.75 Å². The summed E-state index contributed by atoms with van der Waals surface area (Å²) in [7, 11) is 0. The summed E-state index contributed by atoms with van der Waals surface area (Å²) >= 11 is 5.31. The predicted octanol–water partition coefficient (Wildman–Crippen LogP) is 3.75. The van der Waals surface area contributed by atoms with E-state index in [2.05, 4.69) is 34.3 Å². The minimum atomic E-state index is -2.82. The predicted molar refractivity (Wildman–Crippen MR) is 87.0 cm³/mol. The van der Waals surface area contributed by atoms with Gasteiger partial charge in [0.25, 0.3) is 0 Å². The van der Waals surface area contributed by atoms with Crippen molar-refractivity contribution in [3.63, 3.8) is 0 Å². The van der Waals surface area contributed by atoms with E-state index < -0.39 is 6.61 Å². The van der Waals surface area contributed by atoms with Crippen LogP contribution in [0.3, 0.4) is 0 Å². The van der Waals surface area contributed by atoms with E-state index in [4.69, 9.17) is 12.2 Å². The first kappa shape index (κ1) is 16.9. The lowest BCUT2D eigenvalue weighted by Gasteiger charge is -2.39. The summed E-state index contributed by atoms with van der Waals surface area (Å²) in [6.45, 7) is 1.52. The van der Waals surface area contributed by atoms with E-state index in [1.807, 2.05) is 0 Å². The number of rotatable bonds is 4. The number of halogens is 2. The van der Waals surface area contributed by atoms with Crippen LogP contribution >= 0.6 is 12.2 Å². The molecule has 1 heterocycles. The molecule has 1 aliphatic rings. The van der Waals surface area contributed by atoms with Gasteiger partial charge in [0.1, 0.15) is 5.75 Å². The maximum atomic E-state index is 12.1. The zero-order chi connectivity index (χ0) is 16.1. The number of hydrogen-bond donors (Lipinski definition) is 2. The Kier molecular flexibility index (Phi) is 5.90. The Morgan fingerprint density at radius 1 is 1.23 bits per heavy atom. The molecule has 7 heteroatoms. The van der Waals surface area contributed by atoms with Gasteiger partial charge in [-0.3, -0.25) is 5.43 Å². The summed E-state index contributed by atoms with van der Waals surface area (Å²) in [5, 5.41) is 5.70. The SMILES string of the molecule is C[C@@H]1CCC[C@@H](C)N1NC(=S)Nc1ccc(OC(F)F)cc1. The molecule has 0 unspecified atom stereocenters. The van der Waals surface area contributed by atoms with Crippen LogP contribution in [-0.2, 0) is 0 Å². The third-order valence-electron chi connectivity index (χ3n) is 3.76. The highest BCUT2D eigenvalue weighted by atomic mass is 32.1. The van der Waals surface area contributed by atoms with Crippen LogP contribution in [0.1, 0.15) is 33.1 Å². The smallest absolute Gasteiger partial charge is 0.387 e. The van der Waals surface area contributed by atoms with Crippen LogP contribution in [0.15, 0.2) is 24.3 Å². The molecule has 0 amide bonds. The van der Waals surface area contributed by atoms with E-state index in [1.165, 1.54) is 18.6 Å². The highest BCUT2D eigenvalue weighted by Crippen LogP contribution is 2.21. The first-order valence-corrected chi connectivity index (χ1v) is 7.77. The summed E-state index contributed by atoms with van der Waals surface area (Å²) < 4.78 is 28.5. The summed E-state index contributed by atoms with van der Waals surface area (Å²) in [5.41, 5.74) is 3.94. The van der Waals surface area contributed by atoms with Gasteiger partial charge in [0, 0.05) is 17.8 Å². The fraction of sp³-hybridized carbons (Fsp3) is 0.533. The number of nitrogens with one attached hydrogen (secondary N) is 2. The Hall–Kier alpha value is -1.47. The maximum Gasteiger partial charge on any atom is 0.387 e. The zero-order valence-electron chi connectivity index (χ0n) is 12.7. The van der Waals surface area contributed by atoms with E-state index in [0.717, 1.165) is 18.5 Å². The summed E-state index contributed by atoms with van der Waals surface area (Å²) in [6.07, 6.45) is 3.51. The molecule has 1 aromatic rings. The molecule has 1 saturated heterocycles. The van der Waals surface area contributed by atoms with Crippen molar-refractivity contribution >= 4 is 23.0 Å². The van der Waals surface area contributed by atoms with E-state index in [0.29, 0.717) is 17.2 Å². The summed E-state index contributed by atoms with van der Waals surface area (Å²) in [5.74, 6) is 0.123. The molecule has 22 heavy (non-hydrogen) atoms. The van der Waals surface area contributed by atoms with Crippen molar-refractivity contribution in [1.82, 2.24) is 10.4 Å². The normalized spacial score (nSPS) is 22.4. The number of anilines is 1. The van der Waals surface area contributed by atoms with Crippen LogP contribution in [0.2, 0.25) is 0 Å². The second-order valence-electron chi connectivity index (χ2n) is 5.51. The molecule has 1 aromatic carbocycles. The van der Waals surface area contributed by atoms with Gasteiger partial charge in [-0.05, 0) is 63.2 Å². The Balaban J connectivity index is 1.88. The third kappa shape index (κ3) is 4.78. The fourth-order valence-electron chi connectivity index (χ4n) is 2.64. The Morgan fingerprint density at radius 2 is 1.82 bits per heavy atom. The molecule has 2 rings (SSSR count). The molecular formula is C15H21F2N3OS. The van der Waals surface area contributed by atoms with Crippen molar-refractivity contribution in [3.05, 3.63) is 24.3 Å². The van der Waals surface area contributed by atoms with Gasteiger partial charge < -0.3 is 10.1 Å². The van der Waals surface area contributed by atoms with Crippen LogP contribution in [0.25, 0.3) is 0 Å². The van der Waals surface area contributed by atoms with Crippen LogP contribution in [-0.4, -0.2) is 28.8 Å². The van der Waals surface area contributed by atoms with E-state index >= 15 is 0 Å². The Labute approximate surface area is 134 Å². The number of alkyl halides is 2. The average Bonchev–Trinajstić information content (AvgIpc) is 2.45. The van der Waals surface area contributed by atoms with Crippen molar-refractivity contribution in [1.29, 1.82) is 0 Å². The molecule has 1 aliphatic heterocycles. The first-order valence-electron chi connectivity index (χ1n) is 7.36. The quantitative estimate of drug-likeness (QED) is 0.823. The van der Waals surface area contributed by atoms with Crippen molar-refractivity contribution in [3.8, 4) is 5.75 Å². The number of nitrogens with zero attached hydrogens (tertiary/aromatic N) is 1. The molecule has 0 aromatic heterocycles. The monoisotopic (exact) mass is 329 g/mol. The lowest BCUT2D eigenvalue weighted by Crippen LogP contribution is -2.55. The molecular weight excluding hydrogens is 308 g/mol.